The summed E-state index contributed by atoms with van der Waals surface area (Å²) in [5.41, 5.74) is 1.31. The number of nitrogens with one attached hydrogen (secondary N) is 1. The minimum absolute atomic E-state index is 0.0328. The van der Waals surface area contributed by atoms with Gasteiger partial charge >= 0.3 is 5.97 Å². The van der Waals surface area contributed by atoms with E-state index < -0.39 is 5.97 Å². The number of aromatic nitrogens is 2. The van der Waals surface area contributed by atoms with Crippen molar-refractivity contribution in [2.24, 2.45) is 0 Å². The predicted octanol–water partition coefficient (Wildman–Crippen LogP) is 1.19. The second kappa shape index (κ2) is 2.90. The summed E-state index contributed by atoms with van der Waals surface area (Å²) in [6, 6.07) is 5.48. The quantitative estimate of drug-likeness (QED) is 0.722. The minimum atomic E-state index is -0.863. The second-order valence-electron chi connectivity index (χ2n) is 2.79. The van der Waals surface area contributed by atoms with E-state index in [1.165, 1.54) is 0 Å². The van der Waals surface area contributed by atoms with E-state index in [9.17, 15) is 4.79 Å². The van der Waals surface area contributed by atoms with E-state index in [0.717, 1.165) is 11.0 Å². The number of hydrogen-bond donors (Lipinski definition) is 2. The van der Waals surface area contributed by atoms with Crippen LogP contribution < -0.4 is 0 Å². The summed E-state index contributed by atoms with van der Waals surface area (Å²) in [6.07, 6.45) is 1.75. The van der Waals surface area contributed by atoms with Gasteiger partial charge in [-0.05, 0) is 18.2 Å². The van der Waals surface area contributed by atoms with Crippen LogP contribution in [0.1, 0.15) is 5.69 Å². The summed E-state index contributed by atoms with van der Waals surface area (Å²) in [5.74, 6) is -0.863. The van der Waals surface area contributed by atoms with Crippen LogP contribution in [0.5, 0.6) is 0 Å². The Balaban J connectivity index is 2.42. The van der Waals surface area contributed by atoms with Crippen LogP contribution in [0.3, 0.4) is 0 Å². The molecule has 0 aliphatic heterocycles. The monoisotopic (exact) mass is 176 g/mol. The Kier molecular flexibility index (Phi) is 1.73. The first-order valence-corrected chi connectivity index (χ1v) is 3.90. The van der Waals surface area contributed by atoms with Crippen molar-refractivity contribution < 1.29 is 9.90 Å². The van der Waals surface area contributed by atoms with Crippen LogP contribution in [-0.4, -0.2) is 21.0 Å². The Morgan fingerprint density at radius 3 is 3.08 bits per heavy atom. The standard InChI is InChI=1S/C9H8N2O2/c12-8(13)5-7-2-1-6-3-4-10-9(6)11-7/h1-4H,5H2,(H,10,11)(H,12,13). The van der Waals surface area contributed by atoms with E-state index in [-0.39, 0.29) is 6.42 Å². The zero-order chi connectivity index (χ0) is 9.26. The average molecular weight is 176 g/mol. The van der Waals surface area contributed by atoms with E-state index in [4.69, 9.17) is 5.11 Å². The maximum absolute atomic E-state index is 10.4. The van der Waals surface area contributed by atoms with Gasteiger partial charge in [-0.25, -0.2) is 4.98 Å². The number of carbonyl (C=O) groups is 1. The molecular formula is C9H8N2O2. The SMILES string of the molecule is O=C(O)Cc1ccc2cc[nH]c2n1. The highest BCUT2D eigenvalue weighted by Gasteiger charge is 2.02. The summed E-state index contributed by atoms with van der Waals surface area (Å²) < 4.78 is 0. The number of fused-ring (bicyclic) bond motifs is 1. The zero-order valence-electron chi connectivity index (χ0n) is 6.82. The summed E-state index contributed by atoms with van der Waals surface area (Å²) in [6.45, 7) is 0. The number of aromatic amines is 1. The average Bonchev–Trinajstić information content (AvgIpc) is 2.49. The van der Waals surface area contributed by atoms with Gasteiger partial charge in [-0.15, -0.1) is 0 Å². The number of carboxylic acids is 1. The summed E-state index contributed by atoms with van der Waals surface area (Å²) >= 11 is 0. The molecule has 0 unspecified atom stereocenters. The Morgan fingerprint density at radius 2 is 2.31 bits per heavy atom. The number of aliphatic carboxylic acids is 1. The van der Waals surface area contributed by atoms with Gasteiger partial charge in [-0.3, -0.25) is 4.79 Å². The van der Waals surface area contributed by atoms with Crippen molar-refractivity contribution in [1.82, 2.24) is 9.97 Å². The lowest BCUT2D eigenvalue weighted by atomic mass is 10.2. The lowest BCUT2D eigenvalue weighted by molar-refractivity contribution is -0.136. The van der Waals surface area contributed by atoms with E-state index in [1.807, 2.05) is 12.1 Å². The molecule has 4 nitrogen and oxygen atoms in total. The third-order valence-electron chi connectivity index (χ3n) is 1.80. The first-order valence-electron chi connectivity index (χ1n) is 3.90. The Morgan fingerprint density at radius 1 is 1.46 bits per heavy atom. The van der Waals surface area contributed by atoms with Gasteiger partial charge in [0, 0.05) is 11.6 Å². The highest BCUT2D eigenvalue weighted by Crippen LogP contribution is 2.10. The molecule has 0 amide bonds. The highest BCUT2D eigenvalue weighted by molar-refractivity contribution is 5.76. The number of pyridine rings is 1. The lowest BCUT2D eigenvalue weighted by Crippen LogP contribution is -2.01. The molecule has 2 aromatic rings. The third-order valence-corrected chi connectivity index (χ3v) is 1.80. The summed E-state index contributed by atoms with van der Waals surface area (Å²) in [5, 5.41) is 9.53. The van der Waals surface area contributed by atoms with E-state index >= 15 is 0 Å². The molecule has 0 fully saturated rings. The van der Waals surface area contributed by atoms with Crippen LogP contribution >= 0.6 is 0 Å². The smallest absolute Gasteiger partial charge is 0.309 e. The molecule has 2 aromatic heterocycles. The van der Waals surface area contributed by atoms with Crippen LogP contribution in [0.15, 0.2) is 24.4 Å². The molecule has 0 atom stereocenters. The number of nitrogens with zero attached hydrogens (tertiary/aromatic N) is 1. The molecule has 0 saturated heterocycles. The number of hydrogen-bond acceptors (Lipinski definition) is 2. The van der Waals surface area contributed by atoms with Crippen LogP contribution in [0, 0.1) is 0 Å². The number of carboxylic acid groups (broad SMARTS) is 1. The Bertz CT molecular complexity index is 448. The topological polar surface area (TPSA) is 66.0 Å². The normalized spacial score (nSPS) is 10.5. The molecule has 2 N–H and O–H groups in total. The van der Waals surface area contributed by atoms with E-state index in [1.54, 1.807) is 12.3 Å². The molecule has 66 valence electrons. The fourth-order valence-electron chi connectivity index (χ4n) is 1.22. The second-order valence-corrected chi connectivity index (χ2v) is 2.79. The van der Waals surface area contributed by atoms with Crippen LogP contribution in [0.2, 0.25) is 0 Å². The minimum Gasteiger partial charge on any atom is -0.481 e. The molecular weight excluding hydrogens is 168 g/mol. The van der Waals surface area contributed by atoms with Crippen molar-refractivity contribution >= 4 is 17.0 Å². The van der Waals surface area contributed by atoms with Crippen molar-refractivity contribution in [3.05, 3.63) is 30.1 Å². The molecule has 0 bridgehead atoms. The third kappa shape index (κ3) is 1.51. The van der Waals surface area contributed by atoms with Crippen LogP contribution in [0.4, 0.5) is 0 Å². The predicted molar refractivity (Wildman–Crippen MR) is 47.4 cm³/mol. The first-order chi connectivity index (χ1) is 6.25. The Labute approximate surface area is 74.2 Å². The maximum Gasteiger partial charge on any atom is 0.309 e. The van der Waals surface area contributed by atoms with Gasteiger partial charge in [-0.1, -0.05) is 0 Å². The fraction of sp³-hybridized carbons (Fsp3) is 0.111. The molecule has 0 aromatic carbocycles. The summed E-state index contributed by atoms with van der Waals surface area (Å²) in [7, 11) is 0. The fourth-order valence-corrected chi connectivity index (χ4v) is 1.22. The highest BCUT2D eigenvalue weighted by atomic mass is 16.4. The molecule has 0 aliphatic rings. The van der Waals surface area contributed by atoms with E-state index in [2.05, 4.69) is 9.97 Å². The van der Waals surface area contributed by atoms with Gasteiger partial charge in [0.15, 0.2) is 0 Å². The lowest BCUT2D eigenvalue weighted by Gasteiger charge is -1.95. The molecule has 2 heterocycles. The maximum atomic E-state index is 10.4. The van der Waals surface area contributed by atoms with Gasteiger partial charge in [-0.2, -0.15) is 0 Å². The number of rotatable bonds is 2. The van der Waals surface area contributed by atoms with E-state index in [0.29, 0.717) is 5.69 Å². The zero-order valence-corrected chi connectivity index (χ0v) is 6.82. The van der Waals surface area contributed by atoms with Crippen molar-refractivity contribution in [3.8, 4) is 0 Å². The molecule has 0 saturated carbocycles. The van der Waals surface area contributed by atoms with Gasteiger partial charge < -0.3 is 10.1 Å². The van der Waals surface area contributed by atoms with Gasteiger partial charge in [0.25, 0.3) is 0 Å². The molecule has 0 radical (unpaired) electrons. The molecule has 2 rings (SSSR count). The molecule has 0 aliphatic carbocycles. The largest absolute Gasteiger partial charge is 0.481 e. The molecule has 0 spiro atoms. The molecule has 13 heavy (non-hydrogen) atoms. The summed E-state index contributed by atoms with van der Waals surface area (Å²) in [4.78, 5) is 17.5. The Hall–Kier alpha value is -1.84. The van der Waals surface area contributed by atoms with Crippen molar-refractivity contribution in [3.63, 3.8) is 0 Å². The van der Waals surface area contributed by atoms with Crippen LogP contribution in [0.25, 0.3) is 11.0 Å². The van der Waals surface area contributed by atoms with Gasteiger partial charge in [0.2, 0.25) is 0 Å². The van der Waals surface area contributed by atoms with Crippen LogP contribution in [-0.2, 0) is 11.2 Å². The van der Waals surface area contributed by atoms with Gasteiger partial charge in [0.1, 0.15) is 5.65 Å². The first kappa shape index (κ1) is 7.79. The number of H-pyrrole nitrogens is 1. The van der Waals surface area contributed by atoms with Crippen molar-refractivity contribution in [2.75, 3.05) is 0 Å². The van der Waals surface area contributed by atoms with Gasteiger partial charge in [0.05, 0.1) is 12.1 Å². The van der Waals surface area contributed by atoms with Crippen molar-refractivity contribution in [2.45, 2.75) is 6.42 Å². The van der Waals surface area contributed by atoms with Crippen molar-refractivity contribution in [1.29, 1.82) is 0 Å². The molecule has 4 heteroatoms.